The summed E-state index contributed by atoms with van der Waals surface area (Å²) >= 11 is 5.79. The van der Waals surface area contributed by atoms with Gasteiger partial charge in [-0.3, -0.25) is 4.90 Å². The first kappa shape index (κ1) is 15.1. The van der Waals surface area contributed by atoms with Gasteiger partial charge in [-0.15, -0.1) is 0 Å². The van der Waals surface area contributed by atoms with Gasteiger partial charge in [0, 0.05) is 23.8 Å². The second kappa shape index (κ2) is 6.92. The number of nitrogens with zero attached hydrogens (tertiary/aromatic N) is 1. The molecule has 0 aliphatic carbocycles. The van der Waals surface area contributed by atoms with E-state index in [4.69, 9.17) is 26.8 Å². The van der Waals surface area contributed by atoms with Gasteiger partial charge in [-0.05, 0) is 24.7 Å². The highest BCUT2D eigenvalue weighted by atomic mass is 35.5. The number of rotatable bonds is 4. The van der Waals surface area contributed by atoms with E-state index in [0.29, 0.717) is 22.9 Å². The number of likely N-dealkylation sites (N-methyl/N-ethyl adjacent to an activating group) is 1. The number of nitrogens with two attached hydrogens (primary N) is 1. The normalized spacial score (nSPS) is 19.8. The highest BCUT2D eigenvalue weighted by Crippen LogP contribution is 2.19. The average Bonchev–Trinajstić information content (AvgIpc) is 2.45. The minimum atomic E-state index is -0.448. The number of anilines is 1. The van der Waals surface area contributed by atoms with E-state index in [1.165, 1.54) is 6.07 Å². The van der Waals surface area contributed by atoms with Gasteiger partial charge in [-0.1, -0.05) is 18.5 Å². The van der Waals surface area contributed by atoms with Crippen molar-refractivity contribution in [2.45, 2.75) is 13.0 Å². The van der Waals surface area contributed by atoms with Crippen LogP contribution in [0.15, 0.2) is 18.2 Å². The summed E-state index contributed by atoms with van der Waals surface area (Å²) in [6.45, 7) is 5.67. The van der Waals surface area contributed by atoms with Gasteiger partial charge in [-0.25, -0.2) is 4.79 Å². The number of benzene rings is 1. The zero-order valence-electron chi connectivity index (χ0n) is 11.5. The number of ether oxygens (including phenoxy) is 2. The van der Waals surface area contributed by atoms with E-state index in [1.807, 2.05) is 0 Å². The lowest BCUT2D eigenvalue weighted by atomic mass is 10.2. The Bertz CT molecular complexity index is 481. The lowest BCUT2D eigenvalue weighted by molar-refractivity contribution is -0.0578. The van der Waals surface area contributed by atoms with Crippen molar-refractivity contribution in [3.05, 3.63) is 28.8 Å². The molecule has 6 heteroatoms. The van der Waals surface area contributed by atoms with Crippen molar-refractivity contribution in [1.29, 1.82) is 0 Å². The summed E-state index contributed by atoms with van der Waals surface area (Å²) in [5.74, 6) is -0.448. The van der Waals surface area contributed by atoms with E-state index in [1.54, 1.807) is 12.1 Å². The Morgan fingerprint density at radius 2 is 2.40 bits per heavy atom. The molecule has 0 saturated carbocycles. The molecule has 1 atom stereocenters. The van der Waals surface area contributed by atoms with Gasteiger partial charge in [0.15, 0.2) is 0 Å². The molecule has 1 aliphatic heterocycles. The predicted octanol–water partition coefficient (Wildman–Crippen LogP) is 1.80. The SMILES string of the molecule is CCN1CCOC(COC(=O)c2ccc(Cl)cc2N)C1. The van der Waals surface area contributed by atoms with E-state index in [9.17, 15) is 4.79 Å². The van der Waals surface area contributed by atoms with Gasteiger partial charge in [0.05, 0.1) is 12.2 Å². The Morgan fingerprint density at radius 3 is 3.10 bits per heavy atom. The molecule has 5 nitrogen and oxygen atoms in total. The largest absolute Gasteiger partial charge is 0.459 e. The molecule has 1 unspecified atom stereocenters. The predicted molar refractivity (Wildman–Crippen MR) is 78.0 cm³/mol. The summed E-state index contributed by atoms with van der Waals surface area (Å²) in [4.78, 5) is 14.2. The maximum absolute atomic E-state index is 12.0. The van der Waals surface area contributed by atoms with Crippen LogP contribution >= 0.6 is 11.6 Å². The van der Waals surface area contributed by atoms with Gasteiger partial charge in [0.2, 0.25) is 0 Å². The number of carbonyl (C=O) groups is 1. The Labute approximate surface area is 123 Å². The molecule has 1 aromatic carbocycles. The number of halogens is 1. The van der Waals surface area contributed by atoms with E-state index in [2.05, 4.69) is 11.8 Å². The number of hydrogen-bond acceptors (Lipinski definition) is 5. The first-order chi connectivity index (χ1) is 9.60. The molecule has 1 aromatic rings. The lowest BCUT2D eigenvalue weighted by Crippen LogP contribution is -2.44. The molecule has 0 bridgehead atoms. The molecule has 1 saturated heterocycles. The molecule has 110 valence electrons. The summed E-state index contributed by atoms with van der Waals surface area (Å²) in [5, 5.41) is 0.494. The molecular weight excluding hydrogens is 280 g/mol. The van der Waals surface area contributed by atoms with E-state index in [-0.39, 0.29) is 12.7 Å². The second-order valence-corrected chi connectivity index (χ2v) is 5.15. The molecule has 0 spiro atoms. The van der Waals surface area contributed by atoms with Crippen LogP contribution in [0.25, 0.3) is 0 Å². The summed E-state index contributed by atoms with van der Waals surface area (Å²) in [6.07, 6.45) is -0.0822. The number of esters is 1. The number of carbonyl (C=O) groups excluding carboxylic acids is 1. The maximum atomic E-state index is 12.0. The van der Waals surface area contributed by atoms with Crippen LogP contribution in [0.1, 0.15) is 17.3 Å². The van der Waals surface area contributed by atoms with Gasteiger partial charge >= 0.3 is 5.97 Å². The summed E-state index contributed by atoms with van der Waals surface area (Å²) in [6, 6.07) is 4.72. The van der Waals surface area contributed by atoms with Crippen LogP contribution in [-0.2, 0) is 9.47 Å². The fraction of sp³-hybridized carbons (Fsp3) is 0.500. The van der Waals surface area contributed by atoms with Crippen molar-refractivity contribution in [2.24, 2.45) is 0 Å². The molecular formula is C14H19ClN2O3. The van der Waals surface area contributed by atoms with Crippen molar-refractivity contribution >= 4 is 23.3 Å². The first-order valence-corrected chi connectivity index (χ1v) is 7.04. The van der Waals surface area contributed by atoms with E-state index in [0.717, 1.165) is 19.6 Å². The minimum absolute atomic E-state index is 0.0822. The molecule has 0 amide bonds. The Morgan fingerprint density at radius 1 is 1.60 bits per heavy atom. The zero-order valence-corrected chi connectivity index (χ0v) is 12.2. The quantitative estimate of drug-likeness (QED) is 0.678. The van der Waals surface area contributed by atoms with Crippen molar-refractivity contribution in [3.63, 3.8) is 0 Å². The number of nitrogen functional groups attached to an aromatic ring is 1. The van der Waals surface area contributed by atoms with E-state index < -0.39 is 5.97 Å². The van der Waals surface area contributed by atoms with Gasteiger partial charge < -0.3 is 15.2 Å². The highest BCUT2D eigenvalue weighted by molar-refractivity contribution is 6.31. The molecule has 2 rings (SSSR count). The second-order valence-electron chi connectivity index (χ2n) is 4.72. The molecule has 1 aliphatic rings. The summed E-state index contributed by atoms with van der Waals surface area (Å²) < 4.78 is 10.8. The smallest absolute Gasteiger partial charge is 0.340 e. The Kier molecular flexibility index (Phi) is 5.23. The van der Waals surface area contributed by atoms with Crippen LogP contribution in [0.2, 0.25) is 5.02 Å². The van der Waals surface area contributed by atoms with Crippen molar-refractivity contribution < 1.29 is 14.3 Å². The Balaban J connectivity index is 1.88. The summed E-state index contributed by atoms with van der Waals surface area (Å²) in [7, 11) is 0. The fourth-order valence-corrected chi connectivity index (χ4v) is 2.31. The molecule has 2 N–H and O–H groups in total. The standard InChI is InChI=1S/C14H19ClN2O3/c1-2-17-5-6-19-11(8-17)9-20-14(18)12-4-3-10(15)7-13(12)16/h3-4,7,11H,2,5-6,8-9,16H2,1H3. The topological polar surface area (TPSA) is 64.8 Å². The molecule has 20 heavy (non-hydrogen) atoms. The van der Waals surface area contributed by atoms with Crippen LogP contribution in [0.4, 0.5) is 5.69 Å². The van der Waals surface area contributed by atoms with Crippen molar-refractivity contribution in [2.75, 3.05) is 38.6 Å². The third kappa shape index (κ3) is 3.85. The lowest BCUT2D eigenvalue weighted by Gasteiger charge is -2.31. The van der Waals surface area contributed by atoms with Gasteiger partial charge in [0.1, 0.15) is 12.7 Å². The zero-order chi connectivity index (χ0) is 14.5. The highest BCUT2D eigenvalue weighted by Gasteiger charge is 2.21. The maximum Gasteiger partial charge on any atom is 0.340 e. The van der Waals surface area contributed by atoms with Gasteiger partial charge in [0.25, 0.3) is 0 Å². The molecule has 0 aromatic heterocycles. The Hall–Kier alpha value is -1.30. The molecule has 0 radical (unpaired) electrons. The van der Waals surface area contributed by atoms with Crippen LogP contribution < -0.4 is 5.73 Å². The van der Waals surface area contributed by atoms with E-state index >= 15 is 0 Å². The van der Waals surface area contributed by atoms with Crippen LogP contribution in [0, 0.1) is 0 Å². The van der Waals surface area contributed by atoms with Crippen LogP contribution in [-0.4, -0.2) is 49.8 Å². The monoisotopic (exact) mass is 298 g/mol. The number of morpholine rings is 1. The van der Waals surface area contributed by atoms with Crippen LogP contribution in [0.5, 0.6) is 0 Å². The molecule has 1 fully saturated rings. The third-order valence-electron chi connectivity index (χ3n) is 3.30. The molecule has 1 heterocycles. The van der Waals surface area contributed by atoms with Crippen LogP contribution in [0.3, 0.4) is 0 Å². The third-order valence-corrected chi connectivity index (χ3v) is 3.54. The van der Waals surface area contributed by atoms with Crippen molar-refractivity contribution in [1.82, 2.24) is 4.90 Å². The first-order valence-electron chi connectivity index (χ1n) is 6.66. The van der Waals surface area contributed by atoms with Gasteiger partial charge in [-0.2, -0.15) is 0 Å². The van der Waals surface area contributed by atoms with Crippen molar-refractivity contribution in [3.8, 4) is 0 Å². The number of hydrogen-bond donors (Lipinski definition) is 1. The average molecular weight is 299 g/mol. The minimum Gasteiger partial charge on any atom is -0.459 e. The fourth-order valence-electron chi connectivity index (χ4n) is 2.13. The summed E-state index contributed by atoms with van der Waals surface area (Å²) in [5.41, 5.74) is 6.40.